The molecule has 0 radical (unpaired) electrons. The Morgan fingerprint density at radius 1 is 0.962 bits per heavy atom. The molecule has 1 amide bonds. The Hall–Kier alpha value is -2.11. The predicted octanol–water partition coefficient (Wildman–Crippen LogP) is 3.29. The minimum atomic E-state index is -2.54. The smallest absolute Gasteiger partial charge is 0.404 e. The zero-order chi connectivity index (χ0) is 19.2. The molecule has 0 fully saturated rings. The number of carbonyl (C=O) groups excluding carboxylic acids is 1. The Kier molecular flexibility index (Phi) is 6.61. The summed E-state index contributed by atoms with van der Waals surface area (Å²) < 4.78 is 11.7. The van der Waals surface area contributed by atoms with Gasteiger partial charge in [0.05, 0.1) is 6.61 Å². The number of amides is 1. The quantitative estimate of drug-likeness (QED) is 0.760. The first-order valence-electron chi connectivity index (χ1n) is 8.94. The van der Waals surface area contributed by atoms with E-state index in [0.29, 0.717) is 6.61 Å². The molecule has 0 bridgehead atoms. The molecule has 2 aromatic rings. The first kappa shape index (κ1) is 20.2. The van der Waals surface area contributed by atoms with E-state index in [1.807, 2.05) is 19.1 Å². The van der Waals surface area contributed by atoms with Crippen molar-refractivity contribution in [2.24, 2.45) is 11.7 Å². The summed E-state index contributed by atoms with van der Waals surface area (Å²) in [5, 5.41) is 2.41. The van der Waals surface area contributed by atoms with Gasteiger partial charge in [0.15, 0.2) is 0 Å². The largest absolute Gasteiger partial charge is 0.449 e. The van der Waals surface area contributed by atoms with Gasteiger partial charge in [0, 0.05) is 12.5 Å². The fraction of sp³-hybridized carbons (Fsp3) is 0.381. The third-order valence-electron chi connectivity index (χ3n) is 4.51. The van der Waals surface area contributed by atoms with Gasteiger partial charge >= 0.3 is 6.09 Å². The van der Waals surface area contributed by atoms with Gasteiger partial charge in [0.25, 0.3) is 8.32 Å². The van der Waals surface area contributed by atoms with Crippen LogP contribution in [0.5, 0.6) is 0 Å². The van der Waals surface area contributed by atoms with Crippen molar-refractivity contribution in [1.82, 2.24) is 0 Å². The molecule has 140 valence electrons. The number of carbonyl (C=O) groups is 1. The Bertz CT molecular complexity index is 659. The van der Waals surface area contributed by atoms with Crippen molar-refractivity contribution in [2.45, 2.75) is 32.7 Å². The van der Waals surface area contributed by atoms with Crippen molar-refractivity contribution in [3.8, 4) is 0 Å². The van der Waals surface area contributed by atoms with Crippen molar-refractivity contribution in [3.05, 3.63) is 60.7 Å². The van der Waals surface area contributed by atoms with Gasteiger partial charge in [0.1, 0.15) is 0 Å². The molecule has 2 N–H and O–H groups in total. The second kappa shape index (κ2) is 8.51. The molecule has 5 heteroatoms. The maximum absolute atomic E-state index is 10.9. The molecule has 0 saturated heterocycles. The van der Waals surface area contributed by atoms with E-state index >= 15 is 0 Å². The highest BCUT2D eigenvalue weighted by molar-refractivity contribution is 6.99. The van der Waals surface area contributed by atoms with Crippen LogP contribution in [0, 0.1) is 5.92 Å². The number of primary amides is 1. The molecule has 0 saturated carbocycles. The fourth-order valence-corrected chi connectivity index (χ4v) is 7.99. The highest BCUT2D eigenvalue weighted by atomic mass is 28.4. The lowest BCUT2D eigenvalue weighted by atomic mass is 10.2. The molecular formula is C21H29NO3Si. The van der Waals surface area contributed by atoms with Crippen LogP contribution >= 0.6 is 0 Å². The van der Waals surface area contributed by atoms with Crippen molar-refractivity contribution >= 4 is 24.8 Å². The van der Waals surface area contributed by atoms with E-state index in [0.717, 1.165) is 0 Å². The lowest BCUT2D eigenvalue weighted by molar-refractivity contribution is 0.120. The molecule has 4 nitrogen and oxygen atoms in total. The Morgan fingerprint density at radius 2 is 1.42 bits per heavy atom. The molecule has 0 aliphatic heterocycles. The minimum absolute atomic E-state index is 0.0594. The van der Waals surface area contributed by atoms with Gasteiger partial charge in [0.2, 0.25) is 0 Å². The number of nitrogens with two attached hydrogens (primary N) is 1. The van der Waals surface area contributed by atoms with Crippen LogP contribution in [0.4, 0.5) is 4.79 Å². The van der Waals surface area contributed by atoms with E-state index < -0.39 is 14.4 Å². The summed E-state index contributed by atoms with van der Waals surface area (Å²) in [6, 6.07) is 21.0. The van der Waals surface area contributed by atoms with Crippen LogP contribution in [-0.2, 0) is 9.16 Å². The summed E-state index contributed by atoms with van der Waals surface area (Å²) in [6.07, 6.45) is -0.748. The van der Waals surface area contributed by atoms with E-state index in [4.69, 9.17) is 14.9 Å². The first-order valence-corrected chi connectivity index (χ1v) is 10.9. The summed E-state index contributed by atoms with van der Waals surface area (Å²) in [5.41, 5.74) is 5.08. The van der Waals surface area contributed by atoms with Crippen molar-refractivity contribution in [3.63, 3.8) is 0 Å². The van der Waals surface area contributed by atoms with Crippen LogP contribution in [0.1, 0.15) is 27.7 Å². The molecule has 0 aliphatic rings. The number of hydrogen-bond donors (Lipinski definition) is 1. The van der Waals surface area contributed by atoms with Crippen LogP contribution in [0.2, 0.25) is 5.04 Å². The Balaban J connectivity index is 2.42. The standard InChI is InChI=1S/C21H29NO3Si/c1-17(15-24-20(22)23)16-25-26(21(2,3)4,18-11-7-5-8-12-18)19-13-9-6-10-14-19/h5-14,17H,15-16H2,1-4H3,(H2,22,23)/t17-/m1/s1. The number of hydrogen-bond acceptors (Lipinski definition) is 3. The zero-order valence-corrected chi connectivity index (χ0v) is 17.1. The lowest BCUT2D eigenvalue weighted by Crippen LogP contribution is -2.66. The molecule has 2 rings (SSSR count). The Morgan fingerprint density at radius 3 is 1.81 bits per heavy atom. The van der Waals surface area contributed by atoms with Gasteiger partial charge < -0.3 is 14.9 Å². The minimum Gasteiger partial charge on any atom is -0.449 e. The maximum Gasteiger partial charge on any atom is 0.404 e. The molecular weight excluding hydrogens is 342 g/mol. The number of ether oxygens (including phenoxy) is 1. The van der Waals surface area contributed by atoms with Gasteiger partial charge in [-0.1, -0.05) is 88.4 Å². The first-order chi connectivity index (χ1) is 12.3. The molecule has 0 unspecified atom stereocenters. The monoisotopic (exact) mass is 371 g/mol. The van der Waals surface area contributed by atoms with E-state index in [1.165, 1.54) is 10.4 Å². The third-order valence-corrected chi connectivity index (χ3v) is 9.52. The summed E-state index contributed by atoms with van der Waals surface area (Å²) in [6.45, 7) is 9.48. The second-order valence-corrected chi connectivity index (χ2v) is 12.0. The molecule has 1 atom stereocenters. The molecule has 0 spiro atoms. The van der Waals surface area contributed by atoms with Gasteiger partial charge in [-0.2, -0.15) is 0 Å². The van der Waals surface area contributed by atoms with E-state index in [1.54, 1.807) is 0 Å². The molecule has 0 aromatic heterocycles. The van der Waals surface area contributed by atoms with Crippen LogP contribution in [0.15, 0.2) is 60.7 Å². The normalized spacial score (nSPS) is 13.2. The predicted molar refractivity (Wildman–Crippen MR) is 108 cm³/mol. The van der Waals surface area contributed by atoms with Crippen molar-refractivity contribution in [1.29, 1.82) is 0 Å². The maximum atomic E-state index is 10.9. The summed E-state index contributed by atoms with van der Waals surface area (Å²) in [7, 11) is -2.54. The highest BCUT2D eigenvalue weighted by Gasteiger charge is 2.50. The van der Waals surface area contributed by atoms with E-state index in [9.17, 15) is 4.79 Å². The van der Waals surface area contributed by atoms with Crippen LogP contribution in [0.3, 0.4) is 0 Å². The van der Waals surface area contributed by atoms with Crippen molar-refractivity contribution < 1.29 is 14.0 Å². The van der Waals surface area contributed by atoms with Crippen LogP contribution in [0.25, 0.3) is 0 Å². The van der Waals surface area contributed by atoms with Crippen molar-refractivity contribution in [2.75, 3.05) is 13.2 Å². The second-order valence-electron chi connectivity index (χ2n) is 7.71. The van der Waals surface area contributed by atoms with Crippen LogP contribution < -0.4 is 16.1 Å². The fourth-order valence-electron chi connectivity index (χ4n) is 3.30. The molecule has 0 aliphatic carbocycles. The highest BCUT2D eigenvalue weighted by Crippen LogP contribution is 2.36. The number of benzene rings is 2. The lowest BCUT2D eigenvalue weighted by Gasteiger charge is -2.43. The summed E-state index contributed by atoms with van der Waals surface area (Å²) >= 11 is 0. The molecule has 2 aromatic carbocycles. The van der Waals surface area contributed by atoms with Gasteiger partial charge in [-0.05, 0) is 15.4 Å². The zero-order valence-electron chi connectivity index (χ0n) is 16.1. The Labute approximate surface area is 157 Å². The SMILES string of the molecule is C[C@H](COC(N)=O)CO[Si](c1ccccc1)(c1ccccc1)C(C)(C)C. The molecule has 26 heavy (non-hydrogen) atoms. The van der Waals surface area contributed by atoms with E-state index in [-0.39, 0.29) is 17.6 Å². The number of rotatable bonds is 7. The summed E-state index contributed by atoms with van der Waals surface area (Å²) in [4.78, 5) is 10.9. The molecule has 0 heterocycles. The average Bonchev–Trinajstić information content (AvgIpc) is 2.61. The van der Waals surface area contributed by atoms with Gasteiger partial charge in [-0.15, -0.1) is 0 Å². The van der Waals surface area contributed by atoms with Gasteiger partial charge in [-0.25, -0.2) is 4.79 Å². The summed E-state index contributed by atoms with van der Waals surface area (Å²) in [5.74, 6) is 0.0594. The van der Waals surface area contributed by atoms with Gasteiger partial charge in [-0.3, -0.25) is 0 Å². The third kappa shape index (κ3) is 4.53. The average molecular weight is 372 g/mol. The van der Waals surface area contributed by atoms with Crippen LogP contribution in [-0.4, -0.2) is 27.6 Å². The topological polar surface area (TPSA) is 61.5 Å². The van der Waals surface area contributed by atoms with E-state index in [2.05, 4.69) is 69.3 Å².